The van der Waals surface area contributed by atoms with E-state index in [4.69, 9.17) is 11.6 Å². The Morgan fingerprint density at radius 3 is 3.05 bits per heavy atom. The lowest BCUT2D eigenvalue weighted by molar-refractivity contribution is 0.701. The maximum Gasteiger partial charge on any atom is 0.226 e. The minimum Gasteiger partial charge on any atom is -0.359 e. The monoisotopic (exact) mass is 277 g/mol. The summed E-state index contributed by atoms with van der Waals surface area (Å²) in [5.41, 5.74) is 0.608. The summed E-state index contributed by atoms with van der Waals surface area (Å²) in [5.74, 6) is 1.50. The molecular formula is C11H12ClN7. The Kier molecular flexibility index (Phi) is 3.04. The number of imidazole rings is 1. The van der Waals surface area contributed by atoms with Crippen molar-refractivity contribution in [3.63, 3.8) is 0 Å². The van der Waals surface area contributed by atoms with Gasteiger partial charge in [0.2, 0.25) is 5.28 Å². The van der Waals surface area contributed by atoms with E-state index in [9.17, 15) is 0 Å². The van der Waals surface area contributed by atoms with E-state index in [1.807, 2.05) is 0 Å². The average Bonchev–Trinajstić information content (AvgIpc) is 3.05. The Hall–Kier alpha value is -2.15. The molecule has 3 aromatic heterocycles. The molecule has 0 aromatic carbocycles. The molecule has 0 fully saturated rings. The first-order valence-electron chi connectivity index (χ1n) is 5.90. The molecule has 0 aliphatic rings. The fraction of sp³-hybridized carbons (Fsp3) is 0.273. The molecule has 0 amide bonds. The van der Waals surface area contributed by atoms with Gasteiger partial charge in [0.15, 0.2) is 5.65 Å². The number of hydrogen-bond acceptors (Lipinski definition) is 5. The maximum absolute atomic E-state index is 5.90. The van der Waals surface area contributed by atoms with Gasteiger partial charge in [-0.2, -0.15) is 15.1 Å². The third-order valence-electron chi connectivity index (χ3n) is 2.85. The van der Waals surface area contributed by atoms with Gasteiger partial charge in [0.25, 0.3) is 0 Å². The van der Waals surface area contributed by atoms with Gasteiger partial charge in [-0.1, -0.05) is 6.92 Å². The van der Waals surface area contributed by atoms with Gasteiger partial charge in [-0.3, -0.25) is 5.10 Å². The number of H-pyrrole nitrogens is 2. The summed E-state index contributed by atoms with van der Waals surface area (Å²) in [6.45, 7) is 2.07. The summed E-state index contributed by atoms with van der Waals surface area (Å²) in [4.78, 5) is 15.6. The van der Waals surface area contributed by atoms with E-state index in [-0.39, 0.29) is 11.3 Å². The Morgan fingerprint density at radius 2 is 2.32 bits per heavy atom. The molecule has 0 bridgehead atoms. The predicted molar refractivity (Wildman–Crippen MR) is 71.9 cm³/mol. The van der Waals surface area contributed by atoms with Crippen molar-refractivity contribution in [1.82, 2.24) is 30.1 Å². The first-order valence-corrected chi connectivity index (χ1v) is 6.28. The Balaban J connectivity index is 1.98. The van der Waals surface area contributed by atoms with Crippen LogP contribution in [0.4, 0.5) is 5.82 Å². The highest BCUT2D eigenvalue weighted by atomic mass is 35.5. The van der Waals surface area contributed by atoms with Crippen LogP contribution in [0.2, 0.25) is 5.28 Å². The van der Waals surface area contributed by atoms with Crippen LogP contribution in [0.25, 0.3) is 11.0 Å². The van der Waals surface area contributed by atoms with Crippen LogP contribution in [0.1, 0.15) is 25.2 Å². The summed E-state index contributed by atoms with van der Waals surface area (Å²) in [6.07, 6.45) is 6.04. The second-order valence-electron chi connectivity index (χ2n) is 4.05. The summed E-state index contributed by atoms with van der Waals surface area (Å²) in [5, 5.41) is 11.0. The van der Waals surface area contributed by atoms with Gasteiger partial charge in [-0.05, 0) is 18.0 Å². The Bertz CT molecular complexity index is 675. The second-order valence-corrected chi connectivity index (χ2v) is 4.39. The van der Waals surface area contributed by atoms with Crippen LogP contribution < -0.4 is 5.32 Å². The number of nitrogens with zero attached hydrogens (tertiary/aromatic N) is 4. The normalized spacial score (nSPS) is 12.7. The molecular weight excluding hydrogens is 266 g/mol. The number of fused-ring (bicyclic) bond motifs is 1. The molecule has 0 saturated heterocycles. The van der Waals surface area contributed by atoms with Crippen molar-refractivity contribution in [2.45, 2.75) is 19.4 Å². The van der Waals surface area contributed by atoms with Crippen molar-refractivity contribution in [2.75, 3.05) is 5.32 Å². The van der Waals surface area contributed by atoms with Crippen LogP contribution in [0, 0.1) is 0 Å². The average molecular weight is 278 g/mol. The third kappa shape index (κ3) is 2.24. The van der Waals surface area contributed by atoms with Gasteiger partial charge in [0.05, 0.1) is 17.6 Å². The number of aromatic amines is 2. The lowest BCUT2D eigenvalue weighted by Gasteiger charge is -2.15. The zero-order valence-corrected chi connectivity index (χ0v) is 10.9. The Morgan fingerprint density at radius 1 is 1.42 bits per heavy atom. The first kappa shape index (κ1) is 11.9. The number of hydrogen-bond donors (Lipinski definition) is 3. The predicted octanol–water partition coefficient (Wildman–Crippen LogP) is 2.29. The minimum atomic E-state index is 0.0269. The van der Waals surface area contributed by atoms with Gasteiger partial charge in [0, 0.05) is 12.4 Å². The van der Waals surface area contributed by atoms with Crippen LogP contribution in [0.3, 0.4) is 0 Å². The molecule has 3 N–H and O–H groups in total. The van der Waals surface area contributed by atoms with Crippen LogP contribution in [-0.2, 0) is 0 Å². The van der Waals surface area contributed by atoms with E-state index < -0.39 is 0 Å². The van der Waals surface area contributed by atoms with E-state index in [2.05, 4.69) is 42.4 Å². The molecule has 3 heterocycles. The molecule has 0 aliphatic carbocycles. The summed E-state index contributed by atoms with van der Waals surface area (Å²) >= 11 is 5.90. The van der Waals surface area contributed by atoms with Crippen molar-refractivity contribution >= 4 is 28.5 Å². The quantitative estimate of drug-likeness (QED) is 0.636. The van der Waals surface area contributed by atoms with E-state index >= 15 is 0 Å². The first-order chi connectivity index (χ1) is 9.28. The van der Waals surface area contributed by atoms with Gasteiger partial charge < -0.3 is 10.3 Å². The highest BCUT2D eigenvalue weighted by molar-refractivity contribution is 6.28. The van der Waals surface area contributed by atoms with E-state index in [0.717, 1.165) is 17.6 Å². The molecule has 8 heteroatoms. The van der Waals surface area contributed by atoms with E-state index in [1.54, 1.807) is 18.6 Å². The summed E-state index contributed by atoms with van der Waals surface area (Å²) in [7, 11) is 0. The van der Waals surface area contributed by atoms with Crippen LogP contribution >= 0.6 is 11.6 Å². The van der Waals surface area contributed by atoms with E-state index in [1.165, 1.54) is 0 Å². The molecule has 19 heavy (non-hydrogen) atoms. The largest absolute Gasteiger partial charge is 0.359 e. The number of nitrogens with one attached hydrogen (secondary N) is 3. The fourth-order valence-corrected chi connectivity index (χ4v) is 2.08. The highest BCUT2D eigenvalue weighted by Gasteiger charge is 2.15. The molecule has 0 saturated carbocycles. The SMILES string of the molecule is CCC(Nc1nc(Cl)nc2[nH]ncc12)c1ncc[nH]1. The van der Waals surface area contributed by atoms with Crippen molar-refractivity contribution in [3.8, 4) is 0 Å². The molecule has 3 aromatic rings. The fourth-order valence-electron chi connectivity index (χ4n) is 1.91. The number of anilines is 1. The lowest BCUT2D eigenvalue weighted by Crippen LogP contribution is -2.12. The standard InChI is InChI=1S/C11H12ClN7/c1-2-7(10-13-3-4-14-10)16-8-6-5-15-19-9(6)18-11(12)17-8/h3-5,7H,2H2,1H3,(H,13,14)(H2,15,16,17,18,19). The molecule has 0 spiro atoms. The summed E-state index contributed by atoms with van der Waals surface area (Å²) in [6, 6.07) is 0.0269. The van der Waals surface area contributed by atoms with Crippen LogP contribution in [0.15, 0.2) is 18.6 Å². The molecule has 1 atom stereocenters. The zero-order chi connectivity index (χ0) is 13.2. The number of rotatable bonds is 4. The Labute approximate surface area is 113 Å². The lowest BCUT2D eigenvalue weighted by atomic mass is 10.2. The topological polar surface area (TPSA) is 95.2 Å². The minimum absolute atomic E-state index is 0.0269. The van der Waals surface area contributed by atoms with Gasteiger partial charge in [-0.15, -0.1) is 0 Å². The smallest absolute Gasteiger partial charge is 0.226 e. The second kappa shape index (κ2) is 4.85. The molecule has 1 unspecified atom stereocenters. The van der Waals surface area contributed by atoms with Crippen LogP contribution in [0.5, 0.6) is 0 Å². The van der Waals surface area contributed by atoms with Gasteiger partial charge in [-0.25, -0.2) is 4.98 Å². The van der Waals surface area contributed by atoms with Crippen molar-refractivity contribution in [3.05, 3.63) is 29.7 Å². The highest BCUT2D eigenvalue weighted by Crippen LogP contribution is 2.25. The van der Waals surface area contributed by atoms with Crippen molar-refractivity contribution in [1.29, 1.82) is 0 Å². The number of halogens is 1. The van der Waals surface area contributed by atoms with E-state index in [0.29, 0.717) is 11.5 Å². The summed E-state index contributed by atoms with van der Waals surface area (Å²) < 4.78 is 0. The van der Waals surface area contributed by atoms with Crippen molar-refractivity contribution in [2.24, 2.45) is 0 Å². The van der Waals surface area contributed by atoms with Crippen LogP contribution in [-0.4, -0.2) is 30.1 Å². The number of aromatic nitrogens is 6. The molecule has 0 aliphatic heterocycles. The van der Waals surface area contributed by atoms with Gasteiger partial charge in [0.1, 0.15) is 11.6 Å². The maximum atomic E-state index is 5.90. The third-order valence-corrected chi connectivity index (χ3v) is 3.02. The molecule has 0 radical (unpaired) electrons. The van der Waals surface area contributed by atoms with Crippen molar-refractivity contribution < 1.29 is 0 Å². The molecule has 3 rings (SSSR count). The zero-order valence-electron chi connectivity index (χ0n) is 10.2. The van der Waals surface area contributed by atoms with Gasteiger partial charge >= 0.3 is 0 Å². The molecule has 98 valence electrons. The molecule has 7 nitrogen and oxygen atoms in total.